The standard InChI is InChI=1S/C15H18ClNO2/c1-6-10(2)12-9-11(16)7-8-13(12)17-14(18)19-15(3,4)5/h1,7-10H,2-5H3,(H,17,18). The minimum Gasteiger partial charge on any atom is -0.444 e. The lowest BCUT2D eigenvalue weighted by Crippen LogP contribution is -2.27. The molecule has 0 aliphatic rings. The zero-order chi connectivity index (χ0) is 14.6. The van der Waals surface area contributed by atoms with Crippen LogP contribution >= 0.6 is 11.6 Å². The van der Waals surface area contributed by atoms with Crippen LogP contribution in [0.4, 0.5) is 10.5 Å². The van der Waals surface area contributed by atoms with E-state index in [1.165, 1.54) is 0 Å². The quantitative estimate of drug-likeness (QED) is 0.814. The van der Waals surface area contributed by atoms with E-state index >= 15 is 0 Å². The molecule has 0 bridgehead atoms. The topological polar surface area (TPSA) is 38.3 Å². The number of carbonyl (C=O) groups is 1. The summed E-state index contributed by atoms with van der Waals surface area (Å²) in [5.41, 5.74) is 0.860. The lowest BCUT2D eigenvalue weighted by atomic mass is 10.00. The molecule has 1 aromatic carbocycles. The second kappa shape index (κ2) is 5.99. The van der Waals surface area contributed by atoms with Crippen molar-refractivity contribution < 1.29 is 9.53 Å². The zero-order valence-corrected chi connectivity index (χ0v) is 12.3. The average Bonchev–Trinajstić information content (AvgIpc) is 2.28. The molecule has 19 heavy (non-hydrogen) atoms. The number of benzene rings is 1. The molecular weight excluding hydrogens is 262 g/mol. The van der Waals surface area contributed by atoms with Crippen molar-refractivity contribution in [1.29, 1.82) is 0 Å². The summed E-state index contributed by atoms with van der Waals surface area (Å²) in [6.07, 6.45) is 4.90. The number of rotatable bonds is 2. The highest BCUT2D eigenvalue weighted by atomic mass is 35.5. The third kappa shape index (κ3) is 4.84. The van der Waals surface area contributed by atoms with E-state index in [-0.39, 0.29) is 5.92 Å². The number of terminal acetylenes is 1. The largest absolute Gasteiger partial charge is 0.444 e. The first-order valence-corrected chi connectivity index (χ1v) is 6.36. The molecule has 0 aliphatic heterocycles. The first-order valence-electron chi connectivity index (χ1n) is 5.98. The molecule has 3 nitrogen and oxygen atoms in total. The molecule has 0 aliphatic carbocycles. The molecular formula is C15H18ClNO2. The summed E-state index contributed by atoms with van der Waals surface area (Å²) in [5.74, 6) is 2.47. The second-order valence-corrected chi connectivity index (χ2v) is 5.68. The van der Waals surface area contributed by atoms with Gasteiger partial charge in [-0.05, 0) is 51.5 Å². The normalized spacial score (nSPS) is 12.4. The van der Waals surface area contributed by atoms with Crippen molar-refractivity contribution in [2.75, 3.05) is 5.32 Å². The smallest absolute Gasteiger partial charge is 0.412 e. The van der Waals surface area contributed by atoms with Gasteiger partial charge >= 0.3 is 6.09 Å². The molecule has 1 N–H and O–H groups in total. The van der Waals surface area contributed by atoms with E-state index in [2.05, 4.69) is 11.2 Å². The third-order valence-electron chi connectivity index (χ3n) is 2.37. The summed E-state index contributed by atoms with van der Waals surface area (Å²) < 4.78 is 5.21. The van der Waals surface area contributed by atoms with Crippen LogP contribution in [0.5, 0.6) is 0 Å². The first kappa shape index (κ1) is 15.4. The Morgan fingerprint density at radius 1 is 1.47 bits per heavy atom. The number of anilines is 1. The summed E-state index contributed by atoms with van der Waals surface area (Å²) in [6, 6.07) is 5.16. The van der Waals surface area contributed by atoms with Crippen LogP contribution in [0.15, 0.2) is 18.2 Å². The molecule has 0 spiro atoms. The summed E-state index contributed by atoms with van der Waals surface area (Å²) in [4.78, 5) is 11.8. The maximum absolute atomic E-state index is 11.8. The van der Waals surface area contributed by atoms with Crippen LogP contribution in [0.2, 0.25) is 5.02 Å². The van der Waals surface area contributed by atoms with Crippen LogP contribution in [0.1, 0.15) is 39.2 Å². The lowest BCUT2D eigenvalue weighted by molar-refractivity contribution is 0.0636. The molecule has 102 valence electrons. The summed E-state index contributed by atoms with van der Waals surface area (Å²) in [7, 11) is 0. The number of hydrogen-bond acceptors (Lipinski definition) is 2. The fourth-order valence-electron chi connectivity index (χ4n) is 1.51. The second-order valence-electron chi connectivity index (χ2n) is 5.25. The Kier molecular flexibility index (Phi) is 4.85. The minimum atomic E-state index is -0.547. The van der Waals surface area contributed by atoms with Gasteiger partial charge in [-0.15, -0.1) is 6.42 Å². The van der Waals surface area contributed by atoms with Crippen molar-refractivity contribution in [2.24, 2.45) is 0 Å². The van der Waals surface area contributed by atoms with E-state index in [9.17, 15) is 4.79 Å². The van der Waals surface area contributed by atoms with Crippen LogP contribution < -0.4 is 5.32 Å². The Hall–Kier alpha value is -1.66. The Labute approximate surface area is 119 Å². The van der Waals surface area contributed by atoms with Gasteiger partial charge in [0.05, 0.1) is 0 Å². The number of amides is 1. The lowest BCUT2D eigenvalue weighted by Gasteiger charge is -2.21. The first-order chi connectivity index (χ1) is 8.73. The van der Waals surface area contributed by atoms with Crippen molar-refractivity contribution in [1.82, 2.24) is 0 Å². The Balaban J connectivity index is 2.96. The van der Waals surface area contributed by atoms with Gasteiger partial charge in [-0.25, -0.2) is 4.79 Å². The number of carbonyl (C=O) groups excluding carboxylic acids is 1. The van der Waals surface area contributed by atoms with Crippen LogP contribution in [0, 0.1) is 12.3 Å². The molecule has 1 unspecified atom stereocenters. The SMILES string of the molecule is C#CC(C)c1cc(Cl)ccc1NC(=O)OC(C)(C)C. The van der Waals surface area contributed by atoms with E-state index < -0.39 is 11.7 Å². The molecule has 1 atom stereocenters. The molecule has 0 saturated heterocycles. The van der Waals surface area contributed by atoms with E-state index in [4.69, 9.17) is 22.8 Å². The Bertz CT molecular complexity index is 512. The molecule has 1 aromatic rings. The van der Waals surface area contributed by atoms with Gasteiger partial charge in [-0.3, -0.25) is 5.32 Å². The van der Waals surface area contributed by atoms with E-state index in [1.807, 2.05) is 6.92 Å². The van der Waals surface area contributed by atoms with Gasteiger partial charge in [0.25, 0.3) is 0 Å². The van der Waals surface area contributed by atoms with Gasteiger partial charge in [0.1, 0.15) is 5.60 Å². The van der Waals surface area contributed by atoms with Crippen LogP contribution in [0.25, 0.3) is 0 Å². The molecule has 0 fully saturated rings. The zero-order valence-electron chi connectivity index (χ0n) is 11.6. The molecule has 0 heterocycles. The summed E-state index contributed by atoms with van der Waals surface area (Å²) in [5, 5.41) is 3.27. The molecule has 0 aromatic heterocycles. The number of halogens is 1. The highest BCUT2D eigenvalue weighted by Gasteiger charge is 2.18. The highest BCUT2D eigenvalue weighted by molar-refractivity contribution is 6.30. The van der Waals surface area contributed by atoms with Crippen molar-refractivity contribution >= 4 is 23.4 Å². The molecule has 4 heteroatoms. The van der Waals surface area contributed by atoms with Crippen molar-refractivity contribution in [2.45, 2.75) is 39.2 Å². The van der Waals surface area contributed by atoms with Crippen LogP contribution in [-0.2, 0) is 4.74 Å². The summed E-state index contributed by atoms with van der Waals surface area (Å²) in [6.45, 7) is 7.28. The van der Waals surface area contributed by atoms with Gasteiger partial charge < -0.3 is 4.74 Å². The van der Waals surface area contributed by atoms with Crippen molar-refractivity contribution in [3.05, 3.63) is 28.8 Å². The van der Waals surface area contributed by atoms with E-state index in [1.54, 1.807) is 39.0 Å². The van der Waals surface area contributed by atoms with Crippen molar-refractivity contribution in [3.63, 3.8) is 0 Å². The third-order valence-corrected chi connectivity index (χ3v) is 2.60. The fraction of sp³-hybridized carbons (Fsp3) is 0.400. The molecule has 0 saturated carbocycles. The highest BCUT2D eigenvalue weighted by Crippen LogP contribution is 2.27. The van der Waals surface area contributed by atoms with E-state index in [0.717, 1.165) is 5.56 Å². The predicted molar refractivity (Wildman–Crippen MR) is 78.6 cm³/mol. The molecule has 0 radical (unpaired) electrons. The fourth-order valence-corrected chi connectivity index (χ4v) is 1.69. The number of ether oxygens (including phenoxy) is 1. The predicted octanol–water partition coefficient (Wildman–Crippen LogP) is 4.42. The number of nitrogens with one attached hydrogen (secondary N) is 1. The van der Waals surface area contributed by atoms with Gasteiger partial charge in [-0.2, -0.15) is 0 Å². The van der Waals surface area contributed by atoms with Crippen LogP contribution in [0.3, 0.4) is 0 Å². The van der Waals surface area contributed by atoms with Gasteiger partial charge in [0, 0.05) is 16.6 Å². The maximum atomic E-state index is 11.8. The van der Waals surface area contributed by atoms with Gasteiger partial charge in [-0.1, -0.05) is 17.5 Å². The van der Waals surface area contributed by atoms with Crippen LogP contribution in [-0.4, -0.2) is 11.7 Å². The average molecular weight is 280 g/mol. The summed E-state index contributed by atoms with van der Waals surface area (Å²) >= 11 is 5.95. The van der Waals surface area contributed by atoms with Gasteiger partial charge in [0.2, 0.25) is 0 Å². The van der Waals surface area contributed by atoms with E-state index in [0.29, 0.717) is 10.7 Å². The van der Waals surface area contributed by atoms with Crippen molar-refractivity contribution in [3.8, 4) is 12.3 Å². The van der Waals surface area contributed by atoms with Gasteiger partial charge in [0.15, 0.2) is 0 Å². The number of hydrogen-bond donors (Lipinski definition) is 1. The monoisotopic (exact) mass is 279 g/mol. The minimum absolute atomic E-state index is 0.149. The maximum Gasteiger partial charge on any atom is 0.412 e. The Morgan fingerprint density at radius 3 is 2.63 bits per heavy atom. The molecule has 1 amide bonds. The molecule has 1 rings (SSSR count). The Morgan fingerprint density at radius 2 is 2.11 bits per heavy atom.